The molecule has 2 N–H and O–H groups in total. The molecule has 0 amide bonds. The fraction of sp³-hybridized carbons (Fsp3) is 0.471. The molecule has 0 spiro atoms. The van der Waals surface area contributed by atoms with Crippen LogP contribution in [0.15, 0.2) is 39.8 Å². The van der Waals surface area contributed by atoms with Crippen LogP contribution >= 0.6 is 0 Å². The molecular weight excluding hydrogens is 304 g/mol. The van der Waals surface area contributed by atoms with Crippen molar-refractivity contribution >= 4 is 11.6 Å². The van der Waals surface area contributed by atoms with E-state index < -0.39 is 0 Å². The molecule has 1 aliphatic heterocycles. The first-order valence-corrected chi connectivity index (χ1v) is 8.31. The summed E-state index contributed by atoms with van der Waals surface area (Å²) in [6, 6.07) is 10.9. The third-order valence-electron chi connectivity index (χ3n) is 4.07. The number of aliphatic imine (C=N–C) groups is 1. The molecular formula is C17H24N6O. The lowest BCUT2D eigenvalue weighted by molar-refractivity contribution is 0.374. The molecule has 1 fully saturated rings. The predicted molar refractivity (Wildman–Crippen MR) is 94.3 cm³/mol. The lowest BCUT2D eigenvalue weighted by atomic mass is 10.3. The first kappa shape index (κ1) is 16.3. The summed E-state index contributed by atoms with van der Waals surface area (Å²) in [5.74, 6) is 2.12. The van der Waals surface area contributed by atoms with Crippen LogP contribution in [0.3, 0.4) is 0 Å². The summed E-state index contributed by atoms with van der Waals surface area (Å²) in [6.07, 6.45) is 1.78. The number of rotatable bonds is 5. The third-order valence-corrected chi connectivity index (χ3v) is 4.07. The van der Waals surface area contributed by atoms with Gasteiger partial charge in [0.1, 0.15) is 0 Å². The van der Waals surface area contributed by atoms with Crippen LogP contribution in [0.5, 0.6) is 0 Å². The minimum atomic E-state index is 0.391. The molecule has 2 aromatic rings. The van der Waals surface area contributed by atoms with Crippen molar-refractivity contribution in [1.82, 2.24) is 20.8 Å². The molecule has 2 heterocycles. The Bertz CT molecular complexity index is 669. The molecule has 0 radical (unpaired) electrons. The van der Waals surface area contributed by atoms with Gasteiger partial charge in [0.05, 0.1) is 0 Å². The minimum absolute atomic E-state index is 0.391. The van der Waals surface area contributed by atoms with E-state index in [1.54, 1.807) is 7.05 Å². The van der Waals surface area contributed by atoms with Crippen LogP contribution in [0.25, 0.3) is 0 Å². The number of guanidine groups is 1. The summed E-state index contributed by atoms with van der Waals surface area (Å²) < 4.78 is 5.11. The largest absolute Gasteiger partial charge is 0.369 e. The molecule has 128 valence electrons. The van der Waals surface area contributed by atoms with Gasteiger partial charge in [0.15, 0.2) is 11.8 Å². The summed E-state index contributed by atoms with van der Waals surface area (Å²) in [5, 5.41) is 10.6. The number of anilines is 1. The standard InChI is InChI=1S/C17H24N6O/c1-13-20-16(24-22-13)8-10-19-17(18-2)21-14-9-11-23(12-14)15-6-4-3-5-7-15/h3-7,14H,8-12H2,1-2H3,(H2,18,19,21). The number of nitrogens with zero attached hydrogens (tertiary/aromatic N) is 4. The molecule has 1 saturated heterocycles. The Balaban J connectivity index is 1.44. The number of aryl methyl sites for hydroxylation is 1. The fourth-order valence-corrected chi connectivity index (χ4v) is 2.87. The van der Waals surface area contributed by atoms with Gasteiger partial charge < -0.3 is 20.1 Å². The zero-order valence-corrected chi connectivity index (χ0v) is 14.2. The van der Waals surface area contributed by atoms with E-state index >= 15 is 0 Å². The second kappa shape index (κ2) is 7.81. The SMILES string of the molecule is CN=C(NCCc1nc(C)no1)NC1CCN(c2ccccc2)C1. The van der Waals surface area contributed by atoms with Crippen molar-refractivity contribution in [1.29, 1.82) is 0 Å². The van der Waals surface area contributed by atoms with Crippen LogP contribution in [0.2, 0.25) is 0 Å². The van der Waals surface area contributed by atoms with E-state index in [1.807, 2.05) is 13.0 Å². The number of hydrogen-bond donors (Lipinski definition) is 2. The molecule has 1 aromatic carbocycles. The minimum Gasteiger partial charge on any atom is -0.369 e. The van der Waals surface area contributed by atoms with Crippen molar-refractivity contribution in [2.45, 2.75) is 25.8 Å². The number of hydrogen-bond acceptors (Lipinski definition) is 5. The Kier molecular flexibility index (Phi) is 5.30. The van der Waals surface area contributed by atoms with Crippen molar-refractivity contribution in [3.63, 3.8) is 0 Å². The third kappa shape index (κ3) is 4.24. The van der Waals surface area contributed by atoms with Crippen molar-refractivity contribution < 1.29 is 4.52 Å². The van der Waals surface area contributed by atoms with Gasteiger partial charge in [-0.2, -0.15) is 4.98 Å². The topological polar surface area (TPSA) is 78.6 Å². The molecule has 3 rings (SSSR count). The van der Waals surface area contributed by atoms with E-state index in [4.69, 9.17) is 4.52 Å². The maximum Gasteiger partial charge on any atom is 0.228 e. The number of benzene rings is 1. The highest BCUT2D eigenvalue weighted by atomic mass is 16.5. The summed E-state index contributed by atoms with van der Waals surface area (Å²) in [7, 11) is 1.79. The van der Waals surface area contributed by atoms with Gasteiger partial charge in [0.25, 0.3) is 0 Å². The van der Waals surface area contributed by atoms with Gasteiger partial charge in [-0.05, 0) is 25.5 Å². The van der Waals surface area contributed by atoms with E-state index in [1.165, 1.54) is 5.69 Å². The highest BCUT2D eigenvalue weighted by molar-refractivity contribution is 5.80. The molecule has 24 heavy (non-hydrogen) atoms. The molecule has 0 bridgehead atoms. The Morgan fingerprint density at radius 2 is 2.21 bits per heavy atom. The van der Waals surface area contributed by atoms with Crippen molar-refractivity contribution in [3.05, 3.63) is 42.0 Å². The van der Waals surface area contributed by atoms with Gasteiger partial charge in [-0.15, -0.1) is 0 Å². The molecule has 7 nitrogen and oxygen atoms in total. The Labute approximate surface area is 142 Å². The lowest BCUT2D eigenvalue weighted by Gasteiger charge is -2.20. The van der Waals surface area contributed by atoms with Gasteiger partial charge in [-0.25, -0.2) is 0 Å². The highest BCUT2D eigenvalue weighted by Crippen LogP contribution is 2.19. The highest BCUT2D eigenvalue weighted by Gasteiger charge is 2.23. The van der Waals surface area contributed by atoms with Crippen LogP contribution in [-0.4, -0.2) is 48.8 Å². The summed E-state index contributed by atoms with van der Waals surface area (Å²) >= 11 is 0. The fourth-order valence-electron chi connectivity index (χ4n) is 2.87. The summed E-state index contributed by atoms with van der Waals surface area (Å²) in [5.41, 5.74) is 1.27. The molecule has 1 atom stereocenters. The van der Waals surface area contributed by atoms with Gasteiger partial charge in [-0.3, -0.25) is 4.99 Å². The quantitative estimate of drug-likeness (QED) is 0.637. The van der Waals surface area contributed by atoms with E-state index in [0.717, 1.165) is 25.5 Å². The number of nitrogens with one attached hydrogen (secondary N) is 2. The van der Waals surface area contributed by atoms with E-state index in [9.17, 15) is 0 Å². The van der Waals surface area contributed by atoms with Gasteiger partial charge >= 0.3 is 0 Å². The Morgan fingerprint density at radius 1 is 1.38 bits per heavy atom. The average Bonchev–Trinajstić information content (AvgIpc) is 3.24. The van der Waals surface area contributed by atoms with Gasteiger partial charge in [-0.1, -0.05) is 23.4 Å². The zero-order chi connectivity index (χ0) is 16.8. The molecule has 0 saturated carbocycles. The zero-order valence-electron chi connectivity index (χ0n) is 14.2. The summed E-state index contributed by atoms with van der Waals surface area (Å²) in [6.45, 7) is 4.56. The van der Waals surface area contributed by atoms with Crippen LogP contribution < -0.4 is 15.5 Å². The maximum atomic E-state index is 5.11. The lowest BCUT2D eigenvalue weighted by Crippen LogP contribution is -2.45. The molecule has 1 aliphatic rings. The first-order chi connectivity index (χ1) is 11.7. The Hall–Kier alpha value is -2.57. The molecule has 1 aromatic heterocycles. The van der Waals surface area contributed by atoms with E-state index in [0.29, 0.717) is 30.7 Å². The number of para-hydroxylation sites is 1. The average molecular weight is 328 g/mol. The second-order valence-electron chi connectivity index (χ2n) is 5.90. The first-order valence-electron chi connectivity index (χ1n) is 8.31. The van der Waals surface area contributed by atoms with Crippen LogP contribution in [0.1, 0.15) is 18.1 Å². The van der Waals surface area contributed by atoms with Gasteiger partial charge in [0.2, 0.25) is 5.89 Å². The van der Waals surface area contributed by atoms with Crippen molar-refractivity contribution in [3.8, 4) is 0 Å². The Morgan fingerprint density at radius 3 is 2.92 bits per heavy atom. The second-order valence-corrected chi connectivity index (χ2v) is 5.90. The van der Waals surface area contributed by atoms with Gasteiger partial charge in [0, 0.05) is 44.8 Å². The van der Waals surface area contributed by atoms with Crippen LogP contribution in [0, 0.1) is 6.92 Å². The smallest absolute Gasteiger partial charge is 0.228 e. The van der Waals surface area contributed by atoms with Crippen molar-refractivity contribution in [2.75, 3.05) is 31.6 Å². The molecule has 0 aliphatic carbocycles. The predicted octanol–water partition coefficient (Wildman–Crippen LogP) is 1.36. The molecule has 1 unspecified atom stereocenters. The normalized spacial score (nSPS) is 18.0. The monoisotopic (exact) mass is 328 g/mol. The van der Waals surface area contributed by atoms with Crippen molar-refractivity contribution in [2.24, 2.45) is 4.99 Å². The van der Waals surface area contributed by atoms with Crippen LogP contribution in [0.4, 0.5) is 5.69 Å². The molecule has 7 heteroatoms. The summed E-state index contributed by atoms with van der Waals surface area (Å²) in [4.78, 5) is 10.9. The van der Waals surface area contributed by atoms with E-state index in [2.05, 4.69) is 54.9 Å². The maximum absolute atomic E-state index is 5.11. The van der Waals surface area contributed by atoms with E-state index in [-0.39, 0.29) is 0 Å². The van der Waals surface area contributed by atoms with Crippen LogP contribution in [-0.2, 0) is 6.42 Å². The number of aromatic nitrogens is 2.